The second-order valence-corrected chi connectivity index (χ2v) is 7.72. The fraction of sp³-hybridized carbons (Fsp3) is 0.0667. The van der Waals surface area contributed by atoms with Crippen LogP contribution in [0.2, 0.25) is 0 Å². The van der Waals surface area contributed by atoms with Gasteiger partial charge in [-0.3, -0.25) is 0 Å². The van der Waals surface area contributed by atoms with Gasteiger partial charge in [-0.1, -0.05) is 27.2 Å². The molecule has 8 heteroatoms. The number of nitrogens with two attached hydrogens (primary N) is 1. The Morgan fingerprint density at radius 3 is 2.48 bits per heavy atom. The Kier molecular flexibility index (Phi) is 3.95. The van der Waals surface area contributed by atoms with Gasteiger partial charge in [-0.25, -0.2) is 13.1 Å². The summed E-state index contributed by atoms with van der Waals surface area (Å²) in [7, 11) is -3.74. The van der Waals surface area contributed by atoms with Gasteiger partial charge in [0.2, 0.25) is 14.9 Å². The van der Waals surface area contributed by atoms with E-state index in [9.17, 15) is 8.42 Å². The number of nitrogen functional groups attached to an aromatic ring is 1. The molecule has 0 aliphatic rings. The molecule has 0 saturated heterocycles. The topological polar surface area (TPSA) is 90.9 Å². The summed E-state index contributed by atoms with van der Waals surface area (Å²) >= 11 is 3.28. The maximum absolute atomic E-state index is 12.7. The fourth-order valence-corrected chi connectivity index (χ4v) is 4.10. The van der Waals surface area contributed by atoms with Crippen LogP contribution < -0.4 is 5.73 Å². The molecule has 0 spiro atoms. The van der Waals surface area contributed by atoms with Gasteiger partial charge in [0.1, 0.15) is 0 Å². The maximum atomic E-state index is 12.7. The second-order valence-electron chi connectivity index (χ2n) is 4.94. The van der Waals surface area contributed by atoms with Crippen LogP contribution in [0.5, 0.6) is 0 Å². The van der Waals surface area contributed by atoms with Crippen molar-refractivity contribution < 1.29 is 8.42 Å². The average Bonchev–Trinajstić information content (AvgIpc) is 2.90. The number of hydrogen-bond donors (Lipinski definition) is 1. The Hall–Kier alpha value is -2.19. The summed E-state index contributed by atoms with van der Waals surface area (Å²) in [5, 5.41) is 7.77. The molecule has 3 rings (SSSR count). The normalized spacial score (nSPS) is 11.6. The van der Waals surface area contributed by atoms with E-state index in [0.717, 1.165) is 0 Å². The molecule has 0 fully saturated rings. The van der Waals surface area contributed by atoms with Crippen molar-refractivity contribution >= 4 is 31.5 Å². The van der Waals surface area contributed by atoms with Gasteiger partial charge in [0.05, 0.1) is 16.3 Å². The van der Waals surface area contributed by atoms with Gasteiger partial charge >= 0.3 is 0 Å². The van der Waals surface area contributed by atoms with Crippen LogP contribution in [0.3, 0.4) is 0 Å². The van der Waals surface area contributed by atoms with Gasteiger partial charge in [-0.05, 0) is 49.4 Å². The minimum absolute atomic E-state index is 0.0626. The number of halogens is 1. The number of benzene rings is 2. The monoisotopic (exact) mass is 392 g/mol. The molecule has 0 radical (unpaired) electrons. The lowest BCUT2D eigenvalue weighted by atomic mass is 10.3. The van der Waals surface area contributed by atoms with Crippen molar-refractivity contribution in [3.63, 3.8) is 0 Å². The molecular weight excluding hydrogens is 380 g/mol. The lowest BCUT2D eigenvalue weighted by Gasteiger charge is -2.05. The van der Waals surface area contributed by atoms with E-state index in [1.54, 1.807) is 43.3 Å². The minimum Gasteiger partial charge on any atom is -0.399 e. The third-order valence-electron chi connectivity index (χ3n) is 3.35. The molecule has 23 heavy (non-hydrogen) atoms. The molecule has 2 aromatic carbocycles. The zero-order valence-corrected chi connectivity index (χ0v) is 14.5. The Morgan fingerprint density at radius 1 is 1.13 bits per heavy atom. The molecule has 118 valence electrons. The third-order valence-corrected chi connectivity index (χ3v) is 5.60. The third kappa shape index (κ3) is 2.87. The van der Waals surface area contributed by atoms with E-state index in [1.807, 2.05) is 0 Å². The quantitative estimate of drug-likeness (QED) is 0.691. The smallest absolute Gasteiger partial charge is 0.227 e. The number of rotatable bonds is 3. The van der Waals surface area contributed by atoms with Crippen LogP contribution in [0.25, 0.3) is 5.69 Å². The van der Waals surface area contributed by atoms with E-state index >= 15 is 0 Å². The number of sulfone groups is 1. The Morgan fingerprint density at radius 2 is 1.83 bits per heavy atom. The van der Waals surface area contributed by atoms with Crippen LogP contribution in [-0.2, 0) is 9.84 Å². The molecule has 0 aliphatic carbocycles. The number of aromatic nitrogens is 3. The molecular formula is C15H13BrN4O2S. The largest absolute Gasteiger partial charge is 0.399 e. The summed E-state index contributed by atoms with van der Waals surface area (Å²) in [6, 6.07) is 13.4. The molecule has 0 saturated carbocycles. The van der Waals surface area contributed by atoms with Crippen molar-refractivity contribution in [3.8, 4) is 5.69 Å². The second kappa shape index (κ2) is 5.78. The first-order valence-corrected chi connectivity index (χ1v) is 8.96. The molecule has 0 aliphatic heterocycles. The Bertz CT molecular complexity index is 965. The van der Waals surface area contributed by atoms with Crippen molar-refractivity contribution in [2.75, 3.05) is 5.73 Å². The standard InChI is InChI=1S/C15H13BrN4O2S/c1-10-15(23(21,22)14-4-2-3-11(16)9-14)18-19-20(10)13-7-5-12(17)6-8-13/h2-9H,17H2,1H3. The van der Waals surface area contributed by atoms with E-state index in [4.69, 9.17) is 5.73 Å². The number of hydrogen-bond acceptors (Lipinski definition) is 5. The molecule has 1 aromatic heterocycles. The lowest BCUT2D eigenvalue weighted by molar-refractivity contribution is 0.591. The first-order valence-electron chi connectivity index (χ1n) is 6.68. The highest BCUT2D eigenvalue weighted by molar-refractivity contribution is 9.10. The van der Waals surface area contributed by atoms with E-state index in [2.05, 4.69) is 26.2 Å². The summed E-state index contributed by atoms with van der Waals surface area (Å²) in [5.74, 6) is 0. The van der Waals surface area contributed by atoms with Crippen molar-refractivity contribution in [2.24, 2.45) is 0 Å². The van der Waals surface area contributed by atoms with Crippen molar-refractivity contribution in [1.29, 1.82) is 0 Å². The molecule has 0 amide bonds. The summed E-state index contributed by atoms with van der Waals surface area (Å²) in [5.41, 5.74) is 7.41. The molecule has 0 atom stereocenters. The van der Waals surface area contributed by atoms with Crippen molar-refractivity contribution in [2.45, 2.75) is 16.8 Å². The van der Waals surface area contributed by atoms with Crippen molar-refractivity contribution in [3.05, 3.63) is 58.7 Å². The highest BCUT2D eigenvalue weighted by Crippen LogP contribution is 2.25. The zero-order valence-electron chi connectivity index (χ0n) is 12.1. The number of nitrogens with zero attached hydrogens (tertiary/aromatic N) is 3. The fourth-order valence-electron chi connectivity index (χ4n) is 2.17. The van der Waals surface area contributed by atoms with Crippen LogP contribution in [0.4, 0.5) is 5.69 Å². The van der Waals surface area contributed by atoms with Gasteiger partial charge in [0, 0.05) is 10.2 Å². The van der Waals surface area contributed by atoms with E-state index in [-0.39, 0.29) is 9.92 Å². The van der Waals surface area contributed by atoms with Crippen LogP contribution >= 0.6 is 15.9 Å². The van der Waals surface area contributed by atoms with Crippen molar-refractivity contribution in [1.82, 2.24) is 15.0 Å². The predicted molar refractivity (Wildman–Crippen MR) is 90.1 cm³/mol. The average molecular weight is 393 g/mol. The molecule has 1 heterocycles. The van der Waals surface area contributed by atoms with Crippen LogP contribution in [0.15, 0.2) is 62.9 Å². The highest BCUT2D eigenvalue weighted by atomic mass is 79.9. The molecule has 3 aromatic rings. The van der Waals surface area contributed by atoms with Gasteiger partial charge in [0.25, 0.3) is 0 Å². The van der Waals surface area contributed by atoms with Crippen LogP contribution in [0.1, 0.15) is 5.69 Å². The van der Waals surface area contributed by atoms with Gasteiger partial charge in [0.15, 0.2) is 0 Å². The summed E-state index contributed by atoms with van der Waals surface area (Å²) in [4.78, 5) is 0.166. The molecule has 0 bridgehead atoms. The number of anilines is 1. The molecule has 6 nitrogen and oxygen atoms in total. The molecule has 0 unspecified atom stereocenters. The van der Waals surface area contributed by atoms with Crippen LogP contribution in [0, 0.1) is 6.92 Å². The van der Waals surface area contributed by atoms with Gasteiger partial charge in [-0.2, -0.15) is 0 Å². The first kappa shape index (κ1) is 15.7. The summed E-state index contributed by atoms with van der Waals surface area (Å²) in [6.07, 6.45) is 0. The zero-order chi connectivity index (χ0) is 16.6. The maximum Gasteiger partial charge on any atom is 0.227 e. The summed E-state index contributed by atoms with van der Waals surface area (Å²) < 4.78 is 27.7. The molecule has 2 N–H and O–H groups in total. The first-order chi connectivity index (χ1) is 10.9. The van der Waals surface area contributed by atoms with Gasteiger partial charge in [-0.15, -0.1) is 5.10 Å². The van der Waals surface area contributed by atoms with E-state index in [0.29, 0.717) is 21.5 Å². The lowest BCUT2D eigenvalue weighted by Crippen LogP contribution is -2.05. The van der Waals surface area contributed by atoms with E-state index in [1.165, 1.54) is 16.8 Å². The highest BCUT2D eigenvalue weighted by Gasteiger charge is 2.26. The summed E-state index contributed by atoms with van der Waals surface area (Å²) in [6.45, 7) is 1.67. The SMILES string of the molecule is Cc1c(S(=O)(=O)c2cccc(Br)c2)nnn1-c1ccc(N)cc1. The van der Waals surface area contributed by atoms with Crippen LogP contribution in [-0.4, -0.2) is 23.4 Å². The minimum atomic E-state index is -3.74. The Balaban J connectivity index is 2.10. The Labute approximate surface area is 142 Å². The van der Waals surface area contributed by atoms with Gasteiger partial charge < -0.3 is 5.73 Å². The predicted octanol–water partition coefficient (Wildman–Crippen LogP) is 2.75. The van der Waals surface area contributed by atoms with E-state index < -0.39 is 9.84 Å².